The van der Waals surface area contributed by atoms with Gasteiger partial charge in [0, 0.05) is 18.7 Å². The van der Waals surface area contributed by atoms with E-state index in [1.165, 1.54) is 4.90 Å². The molecular formula is C13H15N3O4S. The molecule has 7 nitrogen and oxygen atoms in total. The number of carbonyl (C=O) groups excluding carboxylic acids is 2. The highest BCUT2D eigenvalue weighted by Crippen LogP contribution is 2.28. The Morgan fingerprint density at radius 3 is 2.71 bits per heavy atom. The minimum absolute atomic E-state index is 0.0137. The van der Waals surface area contributed by atoms with Crippen molar-refractivity contribution in [3.8, 4) is 0 Å². The lowest BCUT2D eigenvalue weighted by molar-refractivity contribution is -0.120. The van der Waals surface area contributed by atoms with Crippen LogP contribution in [0.1, 0.15) is 6.42 Å². The first-order chi connectivity index (χ1) is 9.87. The van der Waals surface area contributed by atoms with Gasteiger partial charge < -0.3 is 10.6 Å². The van der Waals surface area contributed by atoms with Crippen LogP contribution in [0.3, 0.4) is 0 Å². The number of hydrogen-bond donors (Lipinski definition) is 1. The number of urea groups is 1. The van der Waals surface area contributed by atoms with Gasteiger partial charge in [-0.25, -0.2) is 18.1 Å². The fraction of sp³-hybridized carbons (Fsp3) is 0.385. The van der Waals surface area contributed by atoms with Crippen LogP contribution in [-0.4, -0.2) is 49.3 Å². The molecule has 2 fully saturated rings. The van der Waals surface area contributed by atoms with E-state index in [1.807, 2.05) is 0 Å². The molecule has 2 heterocycles. The van der Waals surface area contributed by atoms with Gasteiger partial charge in [-0.05, 0) is 18.2 Å². The summed E-state index contributed by atoms with van der Waals surface area (Å²) in [6.07, 6.45) is 0.0137. The Bertz CT molecular complexity index is 716. The fourth-order valence-corrected chi connectivity index (χ4v) is 4.28. The Balaban J connectivity index is 1.93. The summed E-state index contributed by atoms with van der Waals surface area (Å²) >= 11 is 0. The SMILES string of the molecule is Nc1cccc(N2C(=O)CC3CS(=O)(=O)CCN3C2=O)c1. The Hall–Kier alpha value is -2.09. The number of rotatable bonds is 1. The standard InChI is InChI=1S/C13H15N3O4S/c14-9-2-1-3-10(6-9)16-12(17)7-11-8-21(19,20)5-4-15(11)13(16)18/h1-3,6,11H,4-5,7-8,14H2. The van der Waals surface area contributed by atoms with Crippen LogP contribution in [0.2, 0.25) is 0 Å². The van der Waals surface area contributed by atoms with E-state index in [4.69, 9.17) is 5.73 Å². The maximum absolute atomic E-state index is 12.5. The third-order valence-corrected chi connectivity index (χ3v) is 5.45. The van der Waals surface area contributed by atoms with Gasteiger partial charge in [0.05, 0.1) is 23.2 Å². The molecule has 21 heavy (non-hydrogen) atoms. The molecular weight excluding hydrogens is 294 g/mol. The van der Waals surface area contributed by atoms with Crippen molar-refractivity contribution in [1.29, 1.82) is 0 Å². The van der Waals surface area contributed by atoms with E-state index < -0.39 is 27.8 Å². The molecule has 0 aliphatic carbocycles. The summed E-state index contributed by atoms with van der Waals surface area (Å²) < 4.78 is 23.3. The summed E-state index contributed by atoms with van der Waals surface area (Å²) in [5.41, 5.74) is 6.55. The molecule has 1 atom stereocenters. The molecule has 2 N–H and O–H groups in total. The maximum atomic E-state index is 12.5. The van der Waals surface area contributed by atoms with Crippen molar-refractivity contribution in [2.75, 3.05) is 28.7 Å². The molecule has 0 bridgehead atoms. The molecule has 0 radical (unpaired) electrons. The van der Waals surface area contributed by atoms with E-state index in [0.717, 1.165) is 4.90 Å². The van der Waals surface area contributed by atoms with E-state index in [2.05, 4.69) is 0 Å². The highest BCUT2D eigenvalue weighted by molar-refractivity contribution is 7.91. The number of sulfone groups is 1. The van der Waals surface area contributed by atoms with Crippen molar-refractivity contribution in [3.63, 3.8) is 0 Å². The molecule has 3 rings (SSSR count). The first kappa shape index (κ1) is 13.9. The third kappa shape index (κ3) is 2.46. The van der Waals surface area contributed by atoms with Crippen LogP contribution < -0.4 is 10.6 Å². The van der Waals surface area contributed by atoms with Crippen LogP contribution in [-0.2, 0) is 14.6 Å². The summed E-state index contributed by atoms with van der Waals surface area (Å²) in [6.45, 7) is 0.123. The molecule has 112 valence electrons. The number of carbonyl (C=O) groups is 2. The molecule has 2 aliphatic rings. The van der Waals surface area contributed by atoms with E-state index in [-0.39, 0.29) is 24.5 Å². The monoisotopic (exact) mass is 309 g/mol. The molecule has 0 aromatic heterocycles. The van der Waals surface area contributed by atoms with Crippen LogP contribution in [0.5, 0.6) is 0 Å². The van der Waals surface area contributed by atoms with Crippen LogP contribution >= 0.6 is 0 Å². The quantitative estimate of drug-likeness (QED) is 0.748. The zero-order valence-corrected chi connectivity index (χ0v) is 12.0. The highest BCUT2D eigenvalue weighted by Gasteiger charge is 2.44. The molecule has 2 saturated heterocycles. The summed E-state index contributed by atoms with van der Waals surface area (Å²) in [5, 5.41) is 0. The lowest BCUT2D eigenvalue weighted by atomic mass is 10.1. The number of anilines is 2. The number of imide groups is 1. The summed E-state index contributed by atoms with van der Waals surface area (Å²) in [6, 6.07) is 5.48. The van der Waals surface area contributed by atoms with Crippen molar-refractivity contribution in [2.45, 2.75) is 12.5 Å². The van der Waals surface area contributed by atoms with E-state index in [0.29, 0.717) is 11.4 Å². The molecule has 3 amide bonds. The largest absolute Gasteiger partial charge is 0.399 e. The molecule has 1 aromatic rings. The van der Waals surface area contributed by atoms with Gasteiger partial charge >= 0.3 is 6.03 Å². The maximum Gasteiger partial charge on any atom is 0.331 e. The summed E-state index contributed by atoms with van der Waals surface area (Å²) in [4.78, 5) is 27.3. The van der Waals surface area contributed by atoms with Gasteiger partial charge in [0.15, 0.2) is 9.84 Å². The van der Waals surface area contributed by atoms with Crippen LogP contribution in [0, 0.1) is 0 Å². The molecule has 2 aliphatic heterocycles. The van der Waals surface area contributed by atoms with Crippen molar-refractivity contribution < 1.29 is 18.0 Å². The highest BCUT2D eigenvalue weighted by atomic mass is 32.2. The van der Waals surface area contributed by atoms with E-state index >= 15 is 0 Å². The first-order valence-corrected chi connectivity index (χ1v) is 8.39. The van der Waals surface area contributed by atoms with Gasteiger partial charge in [-0.3, -0.25) is 4.79 Å². The van der Waals surface area contributed by atoms with Gasteiger partial charge in [0.1, 0.15) is 0 Å². The second-order valence-corrected chi connectivity index (χ2v) is 7.50. The minimum atomic E-state index is -3.17. The van der Waals surface area contributed by atoms with Crippen molar-refractivity contribution in [2.24, 2.45) is 0 Å². The van der Waals surface area contributed by atoms with E-state index in [1.54, 1.807) is 24.3 Å². The Labute approximate surface area is 122 Å². The fourth-order valence-electron chi connectivity index (χ4n) is 2.75. The van der Waals surface area contributed by atoms with E-state index in [9.17, 15) is 18.0 Å². The summed E-state index contributed by atoms with van der Waals surface area (Å²) in [5.74, 6) is -0.604. The van der Waals surface area contributed by atoms with Gasteiger partial charge in [-0.1, -0.05) is 6.07 Å². The molecule has 1 unspecified atom stereocenters. The predicted molar refractivity (Wildman–Crippen MR) is 77.5 cm³/mol. The minimum Gasteiger partial charge on any atom is -0.399 e. The van der Waals surface area contributed by atoms with Crippen molar-refractivity contribution in [3.05, 3.63) is 24.3 Å². The lowest BCUT2D eigenvalue weighted by Gasteiger charge is -2.42. The van der Waals surface area contributed by atoms with Crippen LogP contribution in [0.4, 0.5) is 16.2 Å². The third-order valence-electron chi connectivity index (χ3n) is 3.76. The smallest absolute Gasteiger partial charge is 0.331 e. The van der Waals surface area contributed by atoms with Gasteiger partial charge in [-0.2, -0.15) is 0 Å². The van der Waals surface area contributed by atoms with Crippen LogP contribution in [0.15, 0.2) is 24.3 Å². The number of nitrogens with zero attached hydrogens (tertiary/aromatic N) is 2. The number of hydrogen-bond acceptors (Lipinski definition) is 5. The van der Waals surface area contributed by atoms with Crippen molar-refractivity contribution >= 4 is 33.2 Å². The topological polar surface area (TPSA) is 101 Å². The normalized spacial score (nSPS) is 24.9. The lowest BCUT2D eigenvalue weighted by Crippen LogP contribution is -2.62. The number of fused-ring (bicyclic) bond motifs is 1. The second-order valence-electron chi connectivity index (χ2n) is 5.27. The number of amides is 3. The van der Waals surface area contributed by atoms with Crippen molar-refractivity contribution in [1.82, 2.24) is 4.90 Å². The van der Waals surface area contributed by atoms with Gasteiger partial charge in [0.25, 0.3) is 0 Å². The van der Waals surface area contributed by atoms with Gasteiger partial charge in [0.2, 0.25) is 5.91 Å². The average molecular weight is 309 g/mol. The first-order valence-electron chi connectivity index (χ1n) is 6.57. The van der Waals surface area contributed by atoms with Gasteiger partial charge in [-0.15, -0.1) is 0 Å². The Kier molecular flexibility index (Phi) is 3.12. The number of benzene rings is 1. The molecule has 0 saturated carbocycles. The summed E-state index contributed by atoms with van der Waals surface area (Å²) in [7, 11) is -3.17. The molecule has 1 aromatic carbocycles. The number of nitrogen functional groups attached to an aromatic ring is 1. The predicted octanol–water partition coefficient (Wildman–Crippen LogP) is 0.225. The second kappa shape index (κ2) is 4.73. The zero-order chi connectivity index (χ0) is 15.2. The zero-order valence-electron chi connectivity index (χ0n) is 11.2. The average Bonchev–Trinajstić information content (AvgIpc) is 2.37. The molecule has 0 spiro atoms. The number of nitrogens with two attached hydrogens (primary N) is 1. The Morgan fingerprint density at radius 2 is 2.00 bits per heavy atom. The Morgan fingerprint density at radius 1 is 1.24 bits per heavy atom. The molecule has 8 heteroatoms. The van der Waals surface area contributed by atoms with Crippen LogP contribution in [0.25, 0.3) is 0 Å².